The van der Waals surface area contributed by atoms with E-state index >= 15 is 0 Å². The van der Waals surface area contributed by atoms with Gasteiger partial charge in [-0.1, -0.05) is 6.92 Å². The van der Waals surface area contributed by atoms with Crippen molar-refractivity contribution in [3.8, 4) is 0 Å². The van der Waals surface area contributed by atoms with Gasteiger partial charge in [-0.2, -0.15) is 0 Å². The highest BCUT2D eigenvalue weighted by molar-refractivity contribution is 5.76. The van der Waals surface area contributed by atoms with Crippen molar-refractivity contribution in [2.75, 3.05) is 11.9 Å². The lowest BCUT2D eigenvalue weighted by Crippen LogP contribution is -2.33. The van der Waals surface area contributed by atoms with Gasteiger partial charge in [-0.15, -0.1) is 0 Å². The number of rotatable bonds is 6. The standard InChI is InChI=1S/C12H20N4O/c1-4-9(2)15-12(17)6-8-14-11-5-7-13-10(3)16-11/h5,7,9H,4,6,8H2,1-3H3,(H,15,17)(H,13,14,16). The lowest BCUT2D eigenvalue weighted by molar-refractivity contribution is -0.121. The van der Waals surface area contributed by atoms with Gasteiger partial charge < -0.3 is 10.6 Å². The maximum atomic E-state index is 11.5. The van der Waals surface area contributed by atoms with Crippen LogP contribution in [0.3, 0.4) is 0 Å². The van der Waals surface area contributed by atoms with Gasteiger partial charge in [-0.25, -0.2) is 9.97 Å². The molecule has 2 N–H and O–H groups in total. The highest BCUT2D eigenvalue weighted by Gasteiger charge is 2.04. The van der Waals surface area contributed by atoms with Gasteiger partial charge in [0.15, 0.2) is 0 Å². The number of amides is 1. The fourth-order valence-electron chi connectivity index (χ4n) is 1.31. The van der Waals surface area contributed by atoms with Crippen LogP contribution in [-0.4, -0.2) is 28.5 Å². The maximum absolute atomic E-state index is 11.5. The minimum Gasteiger partial charge on any atom is -0.369 e. The number of carbonyl (C=O) groups excluding carboxylic acids is 1. The van der Waals surface area contributed by atoms with E-state index in [2.05, 4.69) is 20.6 Å². The molecule has 0 aliphatic heterocycles. The Morgan fingerprint density at radius 2 is 2.29 bits per heavy atom. The summed E-state index contributed by atoms with van der Waals surface area (Å²) in [6.07, 6.45) is 3.10. The molecule has 0 spiro atoms. The summed E-state index contributed by atoms with van der Waals surface area (Å²) in [6, 6.07) is 2.03. The molecule has 1 aromatic rings. The molecule has 17 heavy (non-hydrogen) atoms. The Balaban J connectivity index is 2.26. The topological polar surface area (TPSA) is 66.9 Å². The van der Waals surface area contributed by atoms with Gasteiger partial charge in [0, 0.05) is 25.2 Å². The summed E-state index contributed by atoms with van der Waals surface area (Å²) in [6.45, 7) is 6.46. The van der Waals surface area contributed by atoms with Crippen molar-refractivity contribution < 1.29 is 4.79 Å². The first kappa shape index (κ1) is 13.4. The largest absolute Gasteiger partial charge is 0.369 e. The van der Waals surface area contributed by atoms with Gasteiger partial charge in [0.2, 0.25) is 5.91 Å². The van der Waals surface area contributed by atoms with E-state index in [1.165, 1.54) is 0 Å². The van der Waals surface area contributed by atoms with Crippen LogP contribution < -0.4 is 10.6 Å². The van der Waals surface area contributed by atoms with Gasteiger partial charge in [-0.3, -0.25) is 4.79 Å². The number of hydrogen-bond acceptors (Lipinski definition) is 4. The number of nitrogens with zero attached hydrogens (tertiary/aromatic N) is 2. The molecule has 0 saturated carbocycles. The van der Waals surface area contributed by atoms with Crippen LogP contribution in [-0.2, 0) is 4.79 Å². The van der Waals surface area contributed by atoms with Gasteiger partial charge in [0.25, 0.3) is 0 Å². The molecule has 0 bridgehead atoms. The predicted octanol–water partition coefficient (Wildman–Crippen LogP) is 1.50. The van der Waals surface area contributed by atoms with E-state index in [0.29, 0.717) is 13.0 Å². The van der Waals surface area contributed by atoms with E-state index in [4.69, 9.17) is 0 Å². The van der Waals surface area contributed by atoms with E-state index in [9.17, 15) is 4.79 Å². The van der Waals surface area contributed by atoms with Crippen molar-refractivity contribution in [1.29, 1.82) is 0 Å². The molecule has 0 radical (unpaired) electrons. The van der Waals surface area contributed by atoms with Gasteiger partial charge >= 0.3 is 0 Å². The Labute approximate surface area is 102 Å². The summed E-state index contributed by atoms with van der Waals surface area (Å²) in [4.78, 5) is 19.7. The van der Waals surface area contributed by atoms with Crippen LogP contribution in [0.25, 0.3) is 0 Å². The summed E-state index contributed by atoms with van der Waals surface area (Å²) in [5.74, 6) is 1.55. The third kappa shape index (κ3) is 5.29. The lowest BCUT2D eigenvalue weighted by atomic mass is 10.2. The molecule has 1 atom stereocenters. The van der Waals surface area contributed by atoms with Crippen LogP contribution in [0.5, 0.6) is 0 Å². The fourth-order valence-corrected chi connectivity index (χ4v) is 1.31. The van der Waals surface area contributed by atoms with Crippen molar-refractivity contribution in [3.05, 3.63) is 18.1 Å². The van der Waals surface area contributed by atoms with Gasteiger partial charge in [0.05, 0.1) is 0 Å². The molecule has 1 amide bonds. The van der Waals surface area contributed by atoms with Gasteiger partial charge in [0.1, 0.15) is 11.6 Å². The zero-order valence-corrected chi connectivity index (χ0v) is 10.7. The minimum absolute atomic E-state index is 0.0672. The first-order chi connectivity index (χ1) is 8.11. The number of hydrogen-bond donors (Lipinski definition) is 2. The number of aromatic nitrogens is 2. The third-order valence-electron chi connectivity index (χ3n) is 2.45. The molecular weight excluding hydrogens is 216 g/mol. The van der Waals surface area contributed by atoms with Crippen molar-refractivity contribution in [3.63, 3.8) is 0 Å². The second kappa shape index (κ2) is 6.83. The van der Waals surface area contributed by atoms with Crippen LogP contribution in [0.1, 0.15) is 32.5 Å². The van der Waals surface area contributed by atoms with Crippen LogP contribution in [0.15, 0.2) is 12.3 Å². The summed E-state index contributed by atoms with van der Waals surface area (Å²) in [5.41, 5.74) is 0. The molecule has 5 nitrogen and oxygen atoms in total. The van der Waals surface area contributed by atoms with E-state index in [1.807, 2.05) is 20.8 Å². The molecule has 0 aliphatic carbocycles. The van der Waals surface area contributed by atoms with E-state index in [-0.39, 0.29) is 11.9 Å². The smallest absolute Gasteiger partial charge is 0.221 e. The average Bonchev–Trinajstić information content (AvgIpc) is 2.29. The first-order valence-electron chi connectivity index (χ1n) is 5.94. The molecule has 1 rings (SSSR count). The maximum Gasteiger partial charge on any atom is 0.221 e. The summed E-state index contributed by atoms with van der Waals surface area (Å²) >= 11 is 0. The molecule has 5 heteroatoms. The summed E-state index contributed by atoms with van der Waals surface area (Å²) in [7, 11) is 0. The van der Waals surface area contributed by atoms with E-state index in [1.54, 1.807) is 12.3 Å². The van der Waals surface area contributed by atoms with Crippen molar-refractivity contribution in [2.45, 2.75) is 39.7 Å². The monoisotopic (exact) mass is 236 g/mol. The number of aryl methyl sites for hydroxylation is 1. The molecule has 1 aromatic heterocycles. The Bertz CT molecular complexity index is 367. The molecule has 1 unspecified atom stereocenters. The summed E-state index contributed by atoms with van der Waals surface area (Å²) in [5, 5.41) is 6.01. The molecule has 1 heterocycles. The molecule has 0 aromatic carbocycles. The predicted molar refractivity (Wildman–Crippen MR) is 67.8 cm³/mol. The second-order valence-corrected chi connectivity index (χ2v) is 4.04. The Morgan fingerprint density at radius 1 is 1.53 bits per heavy atom. The highest BCUT2D eigenvalue weighted by Crippen LogP contribution is 2.00. The molecule has 0 fully saturated rings. The minimum atomic E-state index is 0.0672. The van der Waals surface area contributed by atoms with Crippen LogP contribution >= 0.6 is 0 Å². The molecule has 94 valence electrons. The first-order valence-corrected chi connectivity index (χ1v) is 5.94. The van der Waals surface area contributed by atoms with E-state index in [0.717, 1.165) is 18.1 Å². The third-order valence-corrected chi connectivity index (χ3v) is 2.45. The lowest BCUT2D eigenvalue weighted by Gasteiger charge is -2.11. The SMILES string of the molecule is CCC(C)NC(=O)CCNc1ccnc(C)n1. The molecular formula is C12H20N4O. The Kier molecular flexibility index (Phi) is 5.39. The zero-order chi connectivity index (χ0) is 12.7. The highest BCUT2D eigenvalue weighted by atomic mass is 16.1. The Hall–Kier alpha value is -1.65. The van der Waals surface area contributed by atoms with Crippen molar-refractivity contribution >= 4 is 11.7 Å². The van der Waals surface area contributed by atoms with E-state index < -0.39 is 0 Å². The zero-order valence-electron chi connectivity index (χ0n) is 10.7. The summed E-state index contributed by atoms with van der Waals surface area (Å²) < 4.78 is 0. The molecule has 0 saturated heterocycles. The number of anilines is 1. The van der Waals surface area contributed by atoms with Crippen LogP contribution in [0.4, 0.5) is 5.82 Å². The molecule has 0 aliphatic rings. The van der Waals surface area contributed by atoms with Crippen molar-refractivity contribution in [2.24, 2.45) is 0 Å². The fraction of sp³-hybridized carbons (Fsp3) is 0.583. The normalized spacial score (nSPS) is 11.9. The quantitative estimate of drug-likeness (QED) is 0.785. The van der Waals surface area contributed by atoms with Gasteiger partial charge in [-0.05, 0) is 26.3 Å². The average molecular weight is 236 g/mol. The van der Waals surface area contributed by atoms with Crippen molar-refractivity contribution in [1.82, 2.24) is 15.3 Å². The van der Waals surface area contributed by atoms with Crippen LogP contribution in [0.2, 0.25) is 0 Å². The number of nitrogens with one attached hydrogen (secondary N) is 2. The van der Waals surface area contributed by atoms with Crippen LogP contribution in [0, 0.1) is 6.92 Å². The second-order valence-electron chi connectivity index (χ2n) is 4.04. The Morgan fingerprint density at radius 3 is 2.94 bits per heavy atom. The number of carbonyl (C=O) groups is 1.